The Morgan fingerprint density at radius 3 is 2.77 bits per heavy atom. The molecule has 1 aliphatic rings. The van der Waals surface area contributed by atoms with E-state index in [0.717, 1.165) is 44.5 Å². The van der Waals surface area contributed by atoms with E-state index >= 15 is 0 Å². The number of carbonyl (C=O) groups is 1. The fraction of sp³-hybridized carbons (Fsp3) is 0.500. The number of ether oxygens (including phenoxy) is 1. The largest absolute Gasteiger partial charge is 0.497 e. The summed E-state index contributed by atoms with van der Waals surface area (Å²) in [5, 5.41) is 3.85. The van der Waals surface area contributed by atoms with E-state index in [1.807, 2.05) is 29.2 Å². The molecule has 3 N–H and O–H groups in total. The third-order valence-electron chi connectivity index (χ3n) is 3.94. The number of primary amides is 1. The summed E-state index contributed by atoms with van der Waals surface area (Å²) in [5.74, 6) is 0.559. The number of likely N-dealkylation sites (tertiary alicyclic amines) is 1. The molecular weight excluding hydrogens is 298 g/mol. The first-order valence-corrected chi connectivity index (χ1v) is 7.99. The molecule has 1 atom stereocenters. The Hall–Kier alpha value is -1.82. The van der Waals surface area contributed by atoms with Gasteiger partial charge in [-0.05, 0) is 55.6 Å². The minimum absolute atomic E-state index is 0.269. The summed E-state index contributed by atoms with van der Waals surface area (Å²) in [6.45, 7) is 1.52. The van der Waals surface area contributed by atoms with Gasteiger partial charge >= 0.3 is 0 Å². The molecule has 1 saturated heterocycles. The topological polar surface area (TPSA) is 67.6 Å². The van der Waals surface area contributed by atoms with Crippen LogP contribution in [-0.4, -0.2) is 42.2 Å². The average Bonchev–Trinajstić information content (AvgIpc) is 2.55. The average molecular weight is 321 g/mol. The highest BCUT2D eigenvalue weighted by Crippen LogP contribution is 2.17. The Balaban J connectivity index is 1.82. The summed E-state index contributed by atoms with van der Waals surface area (Å²) >= 11 is 5.41. The molecule has 5 nitrogen and oxygen atoms in total. The lowest BCUT2D eigenvalue weighted by atomic mass is 10.0. The molecule has 0 aliphatic carbocycles. The van der Waals surface area contributed by atoms with Crippen LogP contribution in [0.25, 0.3) is 0 Å². The number of carbonyl (C=O) groups excluding carboxylic acids is 1. The van der Waals surface area contributed by atoms with Crippen LogP contribution in [0, 0.1) is 0 Å². The second kappa shape index (κ2) is 7.98. The second-order valence-corrected chi connectivity index (χ2v) is 5.82. The lowest BCUT2D eigenvalue weighted by Crippen LogP contribution is -2.53. The van der Waals surface area contributed by atoms with E-state index in [9.17, 15) is 4.79 Å². The molecule has 120 valence electrons. The van der Waals surface area contributed by atoms with Crippen LogP contribution in [0.1, 0.15) is 24.8 Å². The van der Waals surface area contributed by atoms with E-state index in [1.54, 1.807) is 7.11 Å². The Kier molecular flexibility index (Phi) is 6.00. The molecule has 1 aromatic rings. The molecule has 1 aliphatic heterocycles. The van der Waals surface area contributed by atoms with Gasteiger partial charge in [0, 0.05) is 13.1 Å². The summed E-state index contributed by atoms with van der Waals surface area (Å²) in [5.41, 5.74) is 6.67. The van der Waals surface area contributed by atoms with Gasteiger partial charge < -0.3 is 20.7 Å². The smallest absolute Gasteiger partial charge is 0.240 e. The highest BCUT2D eigenvalue weighted by molar-refractivity contribution is 7.80. The summed E-state index contributed by atoms with van der Waals surface area (Å²) < 4.78 is 5.14. The standard InChI is InChI=1S/C16H23N3O2S/c1-21-13-7-5-12(6-8-13)9-10-18-16(22)19-11-3-2-4-14(19)15(17)20/h5-8,14H,2-4,9-11H2,1H3,(H2,17,20)(H,18,22)/t14-/m0/s1. The van der Waals surface area contributed by atoms with Crippen molar-refractivity contribution < 1.29 is 9.53 Å². The van der Waals surface area contributed by atoms with Gasteiger partial charge in [0.15, 0.2) is 5.11 Å². The van der Waals surface area contributed by atoms with Gasteiger partial charge in [-0.2, -0.15) is 0 Å². The molecule has 0 aromatic heterocycles. The monoisotopic (exact) mass is 321 g/mol. The zero-order valence-electron chi connectivity index (χ0n) is 12.9. The van der Waals surface area contributed by atoms with Crippen LogP contribution in [0.4, 0.5) is 0 Å². The van der Waals surface area contributed by atoms with Gasteiger partial charge in [-0.3, -0.25) is 4.79 Å². The maximum Gasteiger partial charge on any atom is 0.240 e. The van der Waals surface area contributed by atoms with Crippen molar-refractivity contribution in [3.63, 3.8) is 0 Å². The Morgan fingerprint density at radius 2 is 2.14 bits per heavy atom. The van der Waals surface area contributed by atoms with Crippen LogP contribution >= 0.6 is 12.2 Å². The molecule has 0 saturated carbocycles. The minimum Gasteiger partial charge on any atom is -0.497 e. The van der Waals surface area contributed by atoms with Crippen molar-refractivity contribution in [2.75, 3.05) is 20.2 Å². The molecule has 1 fully saturated rings. The molecule has 2 rings (SSSR count). The minimum atomic E-state index is -0.293. The van der Waals surface area contributed by atoms with E-state index in [4.69, 9.17) is 22.7 Å². The number of nitrogens with one attached hydrogen (secondary N) is 1. The molecule has 0 radical (unpaired) electrons. The number of rotatable bonds is 5. The number of piperidine rings is 1. The molecule has 1 heterocycles. The second-order valence-electron chi connectivity index (χ2n) is 5.44. The van der Waals surface area contributed by atoms with Gasteiger partial charge in [0.05, 0.1) is 7.11 Å². The fourth-order valence-corrected chi connectivity index (χ4v) is 3.00. The van der Waals surface area contributed by atoms with Crippen LogP contribution in [0.15, 0.2) is 24.3 Å². The first-order valence-electron chi connectivity index (χ1n) is 7.58. The Morgan fingerprint density at radius 1 is 1.41 bits per heavy atom. The highest BCUT2D eigenvalue weighted by Gasteiger charge is 2.28. The summed E-state index contributed by atoms with van der Waals surface area (Å²) in [6.07, 6.45) is 3.72. The number of methoxy groups -OCH3 is 1. The van der Waals surface area contributed by atoms with E-state index in [1.165, 1.54) is 5.56 Å². The van der Waals surface area contributed by atoms with Crippen molar-refractivity contribution in [1.29, 1.82) is 0 Å². The molecular formula is C16H23N3O2S. The fourth-order valence-electron chi connectivity index (χ4n) is 2.68. The molecule has 0 bridgehead atoms. The summed E-state index contributed by atoms with van der Waals surface area (Å²) in [6, 6.07) is 7.70. The normalized spacial score (nSPS) is 17.9. The number of nitrogens with zero attached hydrogens (tertiary/aromatic N) is 1. The van der Waals surface area contributed by atoms with Gasteiger partial charge in [-0.1, -0.05) is 12.1 Å². The molecule has 1 amide bonds. The van der Waals surface area contributed by atoms with Crippen molar-refractivity contribution >= 4 is 23.2 Å². The van der Waals surface area contributed by atoms with Crippen LogP contribution in [0.5, 0.6) is 5.75 Å². The van der Waals surface area contributed by atoms with E-state index in [-0.39, 0.29) is 11.9 Å². The van der Waals surface area contributed by atoms with Crippen molar-refractivity contribution in [2.45, 2.75) is 31.7 Å². The number of hydrogen-bond donors (Lipinski definition) is 2. The number of thiocarbonyl (C=S) groups is 1. The van der Waals surface area contributed by atoms with Crippen LogP contribution in [0.2, 0.25) is 0 Å². The zero-order chi connectivity index (χ0) is 15.9. The predicted octanol–water partition coefficient (Wildman–Crippen LogP) is 1.45. The number of nitrogens with two attached hydrogens (primary N) is 1. The Labute approximate surface area is 136 Å². The van der Waals surface area contributed by atoms with Crippen molar-refractivity contribution in [2.24, 2.45) is 5.73 Å². The summed E-state index contributed by atoms with van der Waals surface area (Å²) in [7, 11) is 1.66. The zero-order valence-corrected chi connectivity index (χ0v) is 13.7. The molecule has 6 heteroatoms. The first-order chi connectivity index (χ1) is 10.6. The number of amides is 1. The molecule has 0 unspecified atom stereocenters. The number of hydrogen-bond acceptors (Lipinski definition) is 3. The van der Waals surface area contributed by atoms with Crippen molar-refractivity contribution in [3.8, 4) is 5.75 Å². The third kappa shape index (κ3) is 4.34. The number of benzene rings is 1. The van der Waals surface area contributed by atoms with E-state index < -0.39 is 0 Å². The molecule has 22 heavy (non-hydrogen) atoms. The Bertz CT molecular complexity index is 519. The predicted molar refractivity (Wildman–Crippen MR) is 90.8 cm³/mol. The van der Waals surface area contributed by atoms with E-state index in [2.05, 4.69) is 5.32 Å². The third-order valence-corrected chi connectivity index (χ3v) is 4.32. The van der Waals surface area contributed by atoms with Crippen LogP contribution < -0.4 is 15.8 Å². The SMILES string of the molecule is COc1ccc(CCNC(=S)N2CCCC[C@H]2C(N)=O)cc1. The van der Waals surface area contributed by atoms with E-state index in [0.29, 0.717) is 5.11 Å². The summed E-state index contributed by atoms with van der Waals surface area (Å²) in [4.78, 5) is 13.4. The lowest BCUT2D eigenvalue weighted by molar-refractivity contribution is -0.122. The van der Waals surface area contributed by atoms with Gasteiger partial charge in [0.1, 0.15) is 11.8 Å². The van der Waals surface area contributed by atoms with Gasteiger partial charge in [-0.15, -0.1) is 0 Å². The molecule has 0 spiro atoms. The van der Waals surface area contributed by atoms with Gasteiger partial charge in [0.25, 0.3) is 0 Å². The maximum atomic E-state index is 11.5. The highest BCUT2D eigenvalue weighted by atomic mass is 32.1. The van der Waals surface area contributed by atoms with Crippen molar-refractivity contribution in [1.82, 2.24) is 10.2 Å². The first kappa shape index (κ1) is 16.5. The maximum absolute atomic E-state index is 11.5. The van der Waals surface area contributed by atoms with Crippen molar-refractivity contribution in [3.05, 3.63) is 29.8 Å². The molecule has 1 aromatic carbocycles. The van der Waals surface area contributed by atoms with Gasteiger partial charge in [-0.25, -0.2) is 0 Å². The van der Waals surface area contributed by atoms with Gasteiger partial charge in [0.2, 0.25) is 5.91 Å². The van der Waals surface area contributed by atoms with Crippen LogP contribution in [-0.2, 0) is 11.2 Å². The van der Waals surface area contributed by atoms with Crippen LogP contribution in [0.3, 0.4) is 0 Å². The quantitative estimate of drug-likeness (QED) is 0.804. The lowest BCUT2D eigenvalue weighted by Gasteiger charge is -2.35.